The monoisotopic (exact) mass is 308 g/mol. The summed E-state index contributed by atoms with van der Waals surface area (Å²) in [4.78, 5) is 3.97. The molecule has 2 rings (SSSR count). The Labute approximate surface area is 125 Å². The van der Waals surface area contributed by atoms with Crippen LogP contribution in [-0.4, -0.2) is 4.98 Å². The van der Waals surface area contributed by atoms with Gasteiger partial charge >= 0.3 is 0 Å². The van der Waals surface area contributed by atoms with Gasteiger partial charge in [0.05, 0.1) is 10.6 Å². The second-order valence-corrected chi connectivity index (χ2v) is 4.95. The number of allylic oxidation sites excluding steroid dienone is 1. The standard InChI is InChI=1S/C14H7Cl3N2/c15-11-4-10(5-12(16)6-11)14(17)13(7-18)9-2-1-3-19-8-9/h1-6,8H/b14-13-. The van der Waals surface area contributed by atoms with Gasteiger partial charge in [0, 0.05) is 28.0 Å². The quantitative estimate of drug-likeness (QED) is 0.730. The maximum Gasteiger partial charge on any atom is 0.101 e. The second-order valence-electron chi connectivity index (χ2n) is 3.70. The number of aromatic nitrogens is 1. The molecule has 2 aromatic rings. The molecule has 0 aliphatic heterocycles. The molecule has 0 fully saturated rings. The van der Waals surface area contributed by atoms with Gasteiger partial charge < -0.3 is 0 Å². The number of hydrogen-bond acceptors (Lipinski definition) is 2. The van der Waals surface area contributed by atoms with Gasteiger partial charge in [-0.3, -0.25) is 4.98 Å². The lowest BCUT2D eigenvalue weighted by Gasteiger charge is -2.05. The Bertz CT molecular complexity index is 653. The van der Waals surface area contributed by atoms with E-state index in [1.165, 1.54) is 0 Å². The van der Waals surface area contributed by atoms with Crippen LogP contribution in [0.15, 0.2) is 42.7 Å². The minimum Gasteiger partial charge on any atom is -0.264 e. The first-order valence-electron chi connectivity index (χ1n) is 5.28. The van der Waals surface area contributed by atoms with Gasteiger partial charge in [-0.25, -0.2) is 0 Å². The molecule has 94 valence electrons. The van der Waals surface area contributed by atoms with Crippen molar-refractivity contribution in [1.29, 1.82) is 5.26 Å². The summed E-state index contributed by atoms with van der Waals surface area (Å²) in [7, 11) is 0. The molecule has 1 aromatic carbocycles. The van der Waals surface area contributed by atoms with Crippen LogP contribution in [0.2, 0.25) is 10.0 Å². The number of hydrogen-bond donors (Lipinski definition) is 0. The van der Waals surface area contributed by atoms with E-state index < -0.39 is 0 Å². The zero-order valence-corrected chi connectivity index (χ0v) is 11.8. The van der Waals surface area contributed by atoms with Crippen LogP contribution in [0.5, 0.6) is 0 Å². The molecule has 19 heavy (non-hydrogen) atoms. The predicted octanol–water partition coefficient (Wildman–Crippen LogP) is 5.02. The van der Waals surface area contributed by atoms with Crippen LogP contribution >= 0.6 is 34.8 Å². The van der Waals surface area contributed by atoms with Crippen molar-refractivity contribution < 1.29 is 0 Å². The van der Waals surface area contributed by atoms with Crippen LogP contribution in [0.25, 0.3) is 10.6 Å². The third-order valence-electron chi connectivity index (χ3n) is 2.40. The van der Waals surface area contributed by atoms with Crippen molar-refractivity contribution in [1.82, 2.24) is 4.98 Å². The maximum absolute atomic E-state index is 9.26. The fourth-order valence-corrected chi connectivity index (χ4v) is 2.36. The molecule has 0 bridgehead atoms. The van der Waals surface area contributed by atoms with Crippen molar-refractivity contribution in [3.63, 3.8) is 0 Å². The first-order valence-corrected chi connectivity index (χ1v) is 6.42. The summed E-state index contributed by atoms with van der Waals surface area (Å²) < 4.78 is 0. The van der Waals surface area contributed by atoms with E-state index >= 15 is 0 Å². The van der Waals surface area contributed by atoms with Gasteiger partial charge in [-0.05, 0) is 29.8 Å². The Morgan fingerprint density at radius 1 is 1.11 bits per heavy atom. The summed E-state index contributed by atoms with van der Waals surface area (Å²) in [6, 6.07) is 10.5. The molecular weight excluding hydrogens is 303 g/mol. The lowest BCUT2D eigenvalue weighted by Crippen LogP contribution is -1.87. The van der Waals surface area contributed by atoms with Gasteiger partial charge in [0.25, 0.3) is 0 Å². The molecular formula is C14H7Cl3N2. The molecule has 0 aliphatic carbocycles. The van der Waals surface area contributed by atoms with Gasteiger partial charge in [0.15, 0.2) is 0 Å². The van der Waals surface area contributed by atoms with Crippen molar-refractivity contribution >= 4 is 45.4 Å². The first-order chi connectivity index (χ1) is 9.11. The molecule has 0 radical (unpaired) electrons. The highest BCUT2D eigenvalue weighted by Gasteiger charge is 2.11. The minimum absolute atomic E-state index is 0.292. The average molecular weight is 310 g/mol. The van der Waals surface area contributed by atoms with Gasteiger partial charge in [0.1, 0.15) is 6.07 Å². The Balaban J connectivity index is 2.59. The van der Waals surface area contributed by atoms with Gasteiger partial charge in [-0.2, -0.15) is 5.26 Å². The molecule has 0 saturated carbocycles. The van der Waals surface area contributed by atoms with Crippen LogP contribution in [0.1, 0.15) is 11.1 Å². The third kappa shape index (κ3) is 3.27. The minimum atomic E-state index is 0.292. The van der Waals surface area contributed by atoms with E-state index in [9.17, 15) is 5.26 Å². The van der Waals surface area contributed by atoms with E-state index in [1.54, 1.807) is 42.7 Å². The Hall–Kier alpha value is -1.53. The molecule has 0 spiro atoms. The van der Waals surface area contributed by atoms with Crippen LogP contribution in [0.4, 0.5) is 0 Å². The topological polar surface area (TPSA) is 36.7 Å². The lowest BCUT2D eigenvalue weighted by atomic mass is 10.1. The number of pyridine rings is 1. The van der Waals surface area contributed by atoms with Crippen LogP contribution in [-0.2, 0) is 0 Å². The smallest absolute Gasteiger partial charge is 0.101 e. The number of rotatable bonds is 2. The van der Waals surface area contributed by atoms with E-state index in [0.29, 0.717) is 31.8 Å². The number of nitrogens with zero attached hydrogens (tertiary/aromatic N) is 2. The average Bonchev–Trinajstić information content (AvgIpc) is 2.39. The molecule has 0 saturated heterocycles. The van der Waals surface area contributed by atoms with Crippen LogP contribution in [0.3, 0.4) is 0 Å². The SMILES string of the molecule is N#C/C(=C(/Cl)c1cc(Cl)cc(Cl)c1)c1cccnc1. The summed E-state index contributed by atoms with van der Waals surface area (Å²) in [6.07, 6.45) is 3.20. The largest absolute Gasteiger partial charge is 0.264 e. The second kappa shape index (κ2) is 6.08. The molecule has 0 atom stereocenters. The molecule has 2 nitrogen and oxygen atoms in total. The Morgan fingerprint density at radius 3 is 2.32 bits per heavy atom. The van der Waals surface area contributed by atoms with E-state index in [-0.39, 0.29) is 0 Å². The highest BCUT2D eigenvalue weighted by molar-refractivity contribution is 6.53. The first kappa shape index (κ1) is 13.9. The van der Waals surface area contributed by atoms with Gasteiger partial charge in [-0.1, -0.05) is 40.9 Å². The molecule has 1 heterocycles. The predicted molar refractivity (Wildman–Crippen MR) is 79.0 cm³/mol. The van der Waals surface area contributed by atoms with Crippen molar-refractivity contribution in [2.75, 3.05) is 0 Å². The van der Waals surface area contributed by atoms with Crippen LogP contribution in [0, 0.1) is 11.3 Å². The number of halogens is 3. The van der Waals surface area contributed by atoms with Crippen molar-refractivity contribution in [3.8, 4) is 6.07 Å². The summed E-state index contributed by atoms with van der Waals surface area (Å²) in [5.41, 5.74) is 1.57. The molecule has 1 aromatic heterocycles. The summed E-state index contributed by atoms with van der Waals surface area (Å²) in [5, 5.41) is 10.5. The lowest BCUT2D eigenvalue weighted by molar-refractivity contribution is 1.31. The van der Waals surface area contributed by atoms with Crippen molar-refractivity contribution in [2.24, 2.45) is 0 Å². The summed E-state index contributed by atoms with van der Waals surface area (Å²) in [5.74, 6) is 0. The number of nitriles is 1. The zero-order valence-electron chi connectivity index (χ0n) is 9.57. The Morgan fingerprint density at radius 2 is 1.79 bits per heavy atom. The maximum atomic E-state index is 9.26. The van der Waals surface area contributed by atoms with E-state index in [2.05, 4.69) is 11.1 Å². The van der Waals surface area contributed by atoms with Crippen molar-refractivity contribution in [2.45, 2.75) is 0 Å². The van der Waals surface area contributed by atoms with Gasteiger partial charge in [0.2, 0.25) is 0 Å². The van der Waals surface area contributed by atoms with Crippen molar-refractivity contribution in [3.05, 3.63) is 63.9 Å². The third-order valence-corrected chi connectivity index (χ3v) is 3.24. The summed E-state index contributed by atoms with van der Waals surface area (Å²) in [6.45, 7) is 0. The molecule has 0 aliphatic rings. The van der Waals surface area contributed by atoms with E-state index in [1.807, 2.05) is 0 Å². The highest BCUT2D eigenvalue weighted by Crippen LogP contribution is 2.32. The zero-order chi connectivity index (χ0) is 13.8. The van der Waals surface area contributed by atoms with Crippen LogP contribution < -0.4 is 0 Å². The van der Waals surface area contributed by atoms with Gasteiger partial charge in [-0.15, -0.1) is 0 Å². The van der Waals surface area contributed by atoms with E-state index in [0.717, 1.165) is 0 Å². The van der Waals surface area contributed by atoms with E-state index in [4.69, 9.17) is 34.8 Å². The number of benzene rings is 1. The molecule has 0 amide bonds. The normalized spacial score (nSPS) is 11.7. The Kier molecular flexibility index (Phi) is 4.44. The molecule has 5 heteroatoms. The summed E-state index contributed by atoms with van der Waals surface area (Å²) >= 11 is 18.1. The highest BCUT2D eigenvalue weighted by atomic mass is 35.5. The fourth-order valence-electron chi connectivity index (χ4n) is 1.58. The molecule has 0 unspecified atom stereocenters. The fraction of sp³-hybridized carbons (Fsp3) is 0. The molecule has 0 N–H and O–H groups in total.